The lowest BCUT2D eigenvalue weighted by molar-refractivity contribution is -0.139. The summed E-state index contributed by atoms with van der Waals surface area (Å²) in [6.45, 7) is 4.35. The molecule has 0 saturated heterocycles. The van der Waals surface area contributed by atoms with Crippen molar-refractivity contribution >= 4 is 11.9 Å². The van der Waals surface area contributed by atoms with Crippen LogP contribution in [0.25, 0.3) is 0 Å². The fourth-order valence-electron chi connectivity index (χ4n) is 1.58. The third kappa shape index (κ3) is 6.21. The predicted molar refractivity (Wildman–Crippen MR) is 76.2 cm³/mol. The summed E-state index contributed by atoms with van der Waals surface area (Å²) in [6.07, 6.45) is 3.73. The quantitative estimate of drug-likeness (QED) is 0.440. The molecule has 0 saturated carbocycles. The standard InChI is InChI=1S/C16H19FO4/c1-3-12(4-2)11-20-15(18)9-10-16(19)21-14-8-6-5-7-13(14)17/h5-10,12H,3-4,11H2,1-2H3/b10-9+. The van der Waals surface area contributed by atoms with Crippen LogP contribution >= 0.6 is 0 Å². The molecule has 0 N–H and O–H groups in total. The van der Waals surface area contributed by atoms with Gasteiger partial charge in [-0.2, -0.15) is 0 Å². The van der Waals surface area contributed by atoms with Crippen LogP contribution in [-0.4, -0.2) is 18.5 Å². The van der Waals surface area contributed by atoms with Crippen LogP contribution in [0.2, 0.25) is 0 Å². The first kappa shape index (κ1) is 16.9. The highest BCUT2D eigenvalue weighted by Gasteiger charge is 2.08. The zero-order valence-electron chi connectivity index (χ0n) is 12.2. The lowest BCUT2D eigenvalue weighted by Gasteiger charge is -2.11. The lowest BCUT2D eigenvalue weighted by atomic mass is 10.1. The first-order chi connectivity index (χ1) is 10.1. The molecule has 0 aromatic heterocycles. The molecule has 1 aromatic carbocycles. The second kappa shape index (κ2) is 8.89. The van der Waals surface area contributed by atoms with Crippen molar-refractivity contribution in [1.82, 2.24) is 0 Å². The van der Waals surface area contributed by atoms with Crippen molar-refractivity contribution in [3.63, 3.8) is 0 Å². The molecule has 0 amide bonds. The maximum atomic E-state index is 13.2. The molecular formula is C16H19FO4. The van der Waals surface area contributed by atoms with E-state index < -0.39 is 17.8 Å². The van der Waals surface area contributed by atoms with E-state index in [4.69, 9.17) is 9.47 Å². The van der Waals surface area contributed by atoms with Crippen LogP contribution in [0, 0.1) is 11.7 Å². The van der Waals surface area contributed by atoms with Crippen LogP contribution in [0.5, 0.6) is 5.75 Å². The Bertz CT molecular complexity index is 507. The Morgan fingerprint density at radius 3 is 2.38 bits per heavy atom. The van der Waals surface area contributed by atoms with Gasteiger partial charge in [0.2, 0.25) is 0 Å². The van der Waals surface area contributed by atoms with E-state index in [9.17, 15) is 14.0 Å². The average molecular weight is 294 g/mol. The van der Waals surface area contributed by atoms with Crippen molar-refractivity contribution in [2.45, 2.75) is 26.7 Å². The smallest absolute Gasteiger partial charge is 0.336 e. The van der Waals surface area contributed by atoms with Gasteiger partial charge in [0.1, 0.15) is 0 Å². The van der Waals surface area contributed by atoms with Gasteiger partial charge in [0.15, 0.2) is 11.6 Å². The highest BCUT2D eigenvalue weighted by atomic mass is 19.1. The molecule has 0 heterocycles. The Kier molecular flexibility index (Phi) is 7.15. The molecule has 0 unspecified atom stereocenters. The minimum Gasteiger partial charge on any atom is -0.462 e. The number of carbonyl (C=O) groups excluding carboxylic acids is 2. The van der Waals surface area contributed by atoms with Crippen molar-refractivity contribution in [1.29, 1.82) is 0 Å². The van der Waals surface area contributed by atoms with Crippen molar-refractivity contribution in [2.24, 2.45) is 5.92 Å². The predicted octanol–water partition coefficient (Wildman–Crippen LogP) is 3.27. The first-order valence-corrected chi connectivity index (χ1v) is 6.88. The number of halogens is 1. The third-order valence-electron chi connectivity index (χ3n) is 3.02. The molecule has 0 radical (unpaired) electrons. The SMILES string of the molecule is CCC(CC)COC(=O)/C=C/C(=O)Oc1ccccc1F. The monoisotopic (exact) mass is 294 g/mol. The van der Waals surface area contributed by atoms with Crippen LogP contribution < -0.4 is 4.74 Å². The first-order valence-electron chi connectivity index (χ1n) is 6.88. The molecule has 0 fully saturated rings. The maximum absolute atomic E-state index is 13.2. The molecule has 0 atom stereocenters. The van der Waals surface area contributed by atoms with Gasteiger partial charge in [-0.15, -0.1) is 0 Å². The zero-order chi connectivity index (χ0) is 15.7. The van der Waals surface area contributed by atoms with Gasteiger partial charge in [-0.05, 0) is 18.1 Å². The van der Waals surface area contributed by atoms with Crippen LogP contribution in [0.15, 0.2) is 36.4 Å². The van der Waals surface area contributed by atoms with Gasteiger partial charge in [-0.3, -0.25) is 0 Å². The minimum atomic E-state index is -0.834. The highest BCUT2D eigenvalue weighted by molar-refractivity contribution is 5.92. The van der Waals surface area contributed by atoms with Crippen molar-refractivity contribution in [3.05, 3.63) is 42.2 Å². The Morgan fingerprint density at radius 1 is 1.14 bits per heavy atom. The number of ether oxygens (including phenoxy) is 2. The normalized spacial score (nSPS) is 10.9. The number of para-hydroxylation sites is 1. The Labute approximate surface area is 123 Å². The van der Waals surface area contributed by atoms with Gasteiger partial charge in [-0.1, -0.05) is 38.8 Å². The van der Waals surface area contributed by atoms with E-state index >= 15 is 0 Å². The number of carbonyl (C=O) groups is 2. The van der Waals surface area contributed by atoms with Crippen LogP contribution in [-0.2, 0) is 14.3 Å². The van der Waals surface area contributed by atoms with Crippen molar-refractivity contribution < 1.29 is 23.5 Å². The Balaban J connectivity index is 2.43. The number of benzene rings is 1. The molecule has 114 valence electrons. The molecule has 0 aliphatic heterocycles. The summed E-state index contributed by atoms with van der Waals surface area (Å²) in [5, 5.41) is 0. The summed E-state index contributed by atoms with van der Waals surface area (Å²) in [4.78, 5) is 22.8. The molecule has 21 heavy (non-hydrogen) atoms. The van der Waals surface area contributed by atoms with Crippen molar-refractivity contribution in [3.8, 4) is 5.75 Å². The molecule has 5 heteroatoms. The summed E-state index contributed by atoms with van der Waals surface area (Å²) in [5.74, 6) is -1.97. The molecular weight excluding hydrogens is 275 g/mol. The van der Waals surface area contributed by atoms with Gasteiger partial charge in [0, 0.05) is 12.2 Å². The minimum absolute atomic E-state index is 0.183. The second-order valence-electron chi connectivity index (χ2n) is 4.50. The van der Waals surface area contributed by atoms with Crippen LogP contribution in [0.3, 0.4) is 0 Å². The van der Waals surface area contributed by atoms with Gasteiger partial charge in [0.25, 0.3) is 0 Å². The fraction of sp³-hybridized carbons (Fsp3) is 0.375. The topological polar surface area (TPSA) is 52.6 Å². The van der Waals surface area contributed by atoms with E-state index in [0.717, 1.165) is 25.0 Å². The van der Waals surface area contributed by atoms with E-state index in [1.807, 2.05) is 13.8 Å². The third-order valence-corrected chi connectivity index (χ3v) is 3.02. The molecule has 4 nitrogen and oxygen atoms in total. The Hall–Kier alpha value is -2.17. The molecule has 0 bridgehead atoms. The molecule has 0 spiro atoms. The molecule has 1 aromatic rings. The molecule has 0 aliphatic carbocycles. The summed E-state index contributed by atoms with van der Waals surface area (Å²) < 4.78 is 23.0. The lowest BCUT2D eigenvalue weighted by Crippen LogP contribution is -2.12. The zero-order valence-corrected chi connectivity index (χ0v) is 12.2. The van der Waals surface area contributed by atoms with E-state index in [0.29, 0.717) is 12.5 Å². The van der Waals surface area contributed by atoms with Crippen LogP contribution in [0.4, 0.5) is 4.39 Å². The molecule has 1 rings (SSSR count). The fourth-order valence-corrected chi connectivity index (χ4v) is 1.58. The van der Waals surface area contributed by atoms with Gasteiger partial charge >= 0.3 is 11.9 Å². The summed E-state index contributed by atoms with van der Waals surface area (Å²) in [5.41, 5.74) is 0. The summed E-state index contributed by atoms with van der Waals surface area (Å²) >= 11 is 0. The second-order valence-corrected chi connectivity index (χ2v) is 4.50. The van der Waals surface area contributed by atoms with Crippen LogP contribution in [0.1, 0.15) is 26.7 Å². The maximum Gasteiger partial charge on any atom is 0.336 e. The number of rotatable bonds is 7. The van der Waals surface area contributed by atoms with Gasteiger partial charge < -0.3 is 9.47 Å². The summed E-state index contributed by atoms with van der Waals surface area (Å²) in [7, 11) is 0. The van der Waals surface area contributed by atoms with E-state index in [1.54, 1.807) is 6.07 Å². The van der Waals surface area contributed by atoms with Gasteiger partial charge in [0.05, 0.1) is 6.61 Å². The van der Waals surface area contributed by atoms with E-state index in [-0.39, 0.29) is 5.75 Å². The Morgan fingerprint density at radius 2 is 1.76 bits per heavy atom. The summed E-state index contributed by atoms with van der Waals surface area (Å²) in [6, 6.07) is 5.53. The highest BCUT2D eigenvalue weighted by Crippen LogP contribution is 2.15. The average Bonchev–Trinajstić information content (AvgIpc) is 2.48. The van der Waals surface area contributed by atoms with Crippen molar-refractivity contribution in [2.75, 3.05) is 6.61 Å². The molecule has 0 aliphatic rings. The van der Waals surface area contributed by atoms with E-state index in [1.165, 1.54) is 18.2 Å². The number of esters is 2. The number of hydrogen-bond acceptors (Lipinski definition) is 4. The largest absolute Gasteiger partial charge is 0.462 e. The number of hydrogen-bond donors (Lipinski definition) is 0. The van der Waals surface area contributed by atoms with Gasteiger partial charge in [-0.25, -0.2) is 14.0 Å². The van der Waals surface area contributed by atoms with E-state index in [2.05, 4.69) is 0 Å².